The number of aromatic nitrogens is 2. The van der Waals surface area contributed by atoms with Crippen molar-refractivity contribution in [3.8, 4) is 17.4 Å². The molecule has 126 valence electrons. The molecule has 0 spiro atoms. The first-order chi connectivity index (χ1) is 11.8. The fourth-order valence-corrected chi connectivity index (χ4v) is 2.54. The van der Waals surface area contributed by atoms with Crippen molar-refractivity contribution in [3.63, 3.8) is 0 Å². The highest BCUT2D eigenvalue weighted by Gasteiger charge is 2.28. The molecule has 1 unspecified atom stereocenters. The number of rotatable bonds is 6. The Labute approximate surface area is 140 Å². The Hall–Kier alpha value is -2.83. The summed E-state index contributed by atoms with van der Waals surface area (Å²) in [7, 11) is 1.57. The Morgan fingerprint density at radius 2 is 2.12 bits per heavy atom. The van der Waals surface area contributed by atoms with Crippen LogP contribution in [0.15, 0.2) is 42.9 Å². The van der Waals surface area contributed by atoms with Crippen molar-refractivity contribution < 1.29 is 19.0 Å². The molecule has 1 aromatic heterocycles. The monoisotopic (exact) mass is 329 g/mol. The summed E-state index contributed by atoms with van der Waals surface area (Å²) in [6, 6.07) is 7.25. The van der Waals surface area contributed by atoms with E-state index in [1.807, 2.05) is 12.1 Å². The number of hydrogen-bond acceptors (Lipinski definition) is 6. The number of amides is 1. The van der Waals surface area contributed by atoms with Gasteiger partial charge < -0.3 is 19.1 Å². The summed E-state index contributed by atoms with van der Waals surface area (Å²) in [5.74, 6) is 1.56. The van der Waals surface area contributed by atoms with Crippen LogP contribution >= 0.6 is 0 Å². The van der Waals surface area contributed by atoms with Gasteiger partial charge in [-0.2, -0.15) is 0 Å². The molecule has 0 radical (unpaired) electrons. The minimum Gasteiger partial charge on any atom is -0.493 e. The van der Waals surface area contributed by atoms with Crippen molar-refractivity contribution in [2.45, 2.75) is 12.5 Å². The van der Waals surface area contributed by atoms with Crippen LogP contribution in [0.1, 0.15) is 6.42 Å². The normalized spacial score (nSPS) is 16.7. The van der Waals surface area contributed by atoms with Crippen molar-refractivity contribution in [2.75, 3.05) is 26.8 Å². The highest BCUT2D eigenvalue weighted by atomic mass is 16.5. The topological polar surface area (TPSA) is 73.8 Å². The predicted molar refractivity (Wildman–Crippen MR) is 86.1 cm³/mol. The molecule has 1 aromatic carbocycles. The van der Waals surface area contributed by atoms with Gasteiger partial charge in [-0.25, -0.2) is 4.98 Å². The third kappa shape index (κ3) is 3.92. The lowest BCUT2D eigenvalue weighted by Crippen LogP contribution is -2.34. The highest BCUT2D eigenvalue weighted by molar-refractivity contribution is 5.78. The molecule has 3 rings (SSSR count). The molecule has 0 saturated carbocycles. The number of benzene rings is 1. The van der Waals surface area contributed by atoms with Gasteiger partial charge in [0, 0.05) is 25.4 Å². The van der Waals surface area contributed by atoms with Gasteiger partial charge in [0.25, 0.3) is 5.91 Å². The lowest BCUT2D eigenvalue weighted by molar-refractivity contribution is -0.132. The van der Waals surface area contributed by atoms with Crippen LogP contribution in [0.5, 0.6) is 17.4 Å². The molecule has 1 saturated heterocycles. The van der Waals surface area contributed by atoms with Crippen LogP contribution in [-0.2, 0) is 4.79 Å². The van der Waals surface area contributed by atoms with Gasteiger partial charge in [-0.05, 0) is 12.1 Å². The minimum absolute atomic E-state index is 0.0295. The van der Waals surface area contributed by atoms with Crippen molar-refractivity contribution in [2.24, 2.45) is 0 Å². The summed E-state index contributed by atoms with van der Waals surface area (Å²) in [6.07, 6.45) is 5.42. The second kappa shape index (κ2) is 7.63. The molecule has 1 aliphatic heterocycles. The first-order valence-electron chi connectivity index (χ1n) is 7.72. The fraction of sp³-hybridized carbons (Fsp3) is 0.353. The molecular weight excluding hydrogens is 310 g/mol. The summed E-state index contributed by atoms with van der Waals surface area (Å²) in [5, 5.41) is 0. The van der Waals surface area contributed by atoms with Crippen LogP contribution < -0.4 is 14.2 Å². The first kappa shape index (κ1) is 16.0. The minimum atomic E-state index is -0.0776. The van der Waals surface area contributed by atoms with Crippen LogP contribution in [0.4, 0.5) is 0 Å². The predicted octanol–water partition coefficient (Wildman–Crippen LogP) is 1.54. The van der Waals surface area contributed by atoms with E-state index in [0.717, 1.165) is 6.42 Å². The quantitative estimate of drug-likeness (QED) is 0.800. The van der Waals surface area contributed by atoms with E-state index in [1.54, 1.807) is 42.7 Å². The Balaban J connectivity index is 1.49. The van der Waals surface area contributed by atoms with Gasteiger partial charge in [0.1, 0.15) is 6.10 Å². The Bertz CT molecular complexity index is 681. The Kier molecular flexibility index (Phi) is 5.10. The largest absolute Gasteiger partial charge is 0.493 e. The molecule has 1 aliphatic rings. The van der Waals surface area contributed by atoms with E-state index in [4.69, 9.17) is 14.2 Å². The van der Waals surface area contributed by atoms with Gasteiger partial charge in [0.15, 0.2) is 18.1 Å². The van der Waals surface area contributed by atoms with E-state index < -0.39 is 0 Å². The number of methoxy groups -OCH3 is 1. The number of nitrogens with zero attached hydrogens (tertiary/aromatic N) is 3. The molecule has 1 fully saturated rings. The molecule has 0 N–H and O–H groups in total. The molecule has 7 nitrogen and oxygen atoms in total. The smallest absolute Gasteiger partial charge is 0.260 e. The molecule has 24 heavy (non-hydrogen) atoms. The van der Waals surface area contributed by atoms with Gasteiger partial charge in [0.05, 0.1) is 19.9 Å². The number of hydrogen-bond donors (Lipinski definition) is 0. The highest BCUT2D eigenvalue weighted by Crippen LogP contribution is 2.26. The standard InChI is InChI=1S/C17H19N3O4/c1-22-14-4-2-3-5-15(14)23-12-17(21)20-9-6-13(11-20)24-16-10-18-7-8-19-16/h2-5,7-8,10,13H,6,9,11-12H2,1H3. The zero-order valence-electron chi connectivity index (χ0n) is 13.4. The summed E-state index contributed by atoms with van der Waals surface area (Å²) in [6.45, 7) is 1.13. The van der Waals surface area contributed by atoms with E-state index in [2.05, 4.69) is 9.97 Å². The number of para-hydroxylation sites is 2. The van der Waals surface area contributed by atoms with Gasteiger partial charge in [-0.3, -0.25) is 9.78 Å². The zero-order chi connectivity index (χ0) is 16.8. The van der Waals surface area contributed by atoms with E-state index in [1.165, 1.54) is 0 Å². The third-order valence-corrected chi connectivity index (χ3v) is 3.74. The number of carbonyl (C=O) groups is 1. The van der Waals surface area contributed by atoms with Gasteiger partial charge in [-0.1, -0.05) is 12.1 Å². The van der Waals surface area contributed by atoms with Crippen LogP contribution in [0.3, 0.4) is 0 Å². The van der Waals surface area contributed by atoms with Crippen LogP contribution in [0, 0.1) is 0 Å². The first-order valence-corrected chi connectivity index (χ1v) is 7.72. The van der Waals surface area contributed by atoms with E-state index >= 15 is 0 Å². The second-order valence-corrected chi connectivity index (χ2v) is 5.35. The molecule has 2 aromatic rings. The van der Waals surface area contributed by atoms with E-state index in [-0.39, 0.29) is 18.6 Å². The van der Waals surface area contributed by atoms with E-state index in [9.17, 15) is 4.79 Å². The third-order valence-electron chi connectivity index (χ3n) is 3.74. The fourth-order valence-electron chi connectivity index (χ4n) is 2.54. The SMILES string of the molecule is COc1ccccc1OCC(=O)N1CCC(Oc2cnccn2)C1. The van der Waals surface area contributed by atoms with Crippen molar-refractivity contribution in [3.05, 3.63) is 42.9 Å². The maximum absolute atomic E-state index is 12.3. The van der Waals surface area contributed by atoms with Gasteiger partial charge >= 0.3 is 0 Å². The van der Waals surface area contributed by atoms with Gasteiger partial charge in [-0.15, -0.1) is 0 Å². The van der Waals surface area contributed by atoms with E-state index in [0.29, 0.717) is 30.5 Å². The Morgan fingerprint density at radius 3 is 2.88 bits per heavy atom. The molecular formula is C17H19N3O4. The summed E-state index contributed by atoms with van der Waals surface area (Å²) in [4.78, 5) is 22.1. The molecule has 1 amide bonds. The average molecular weight is 329 g/mol. The molecule has 0 bridgehead atoms. The lowest BCUT2D eigenvalue weighted by atomic mass is 10.3. The zero-order valence-corrected chi connectivity index (χ0v) is 13.4. The van der Waals surface area contributed by atoms with Crippen LogP contribution in [-0.4, -0.2) is 53.7 Å². The van der Waals surface area contributed by atoms with Gasteiger partial charge in [0.2, 0.25) is 5.88 Å². The maximum atomic E-state index is 12.3. The molecule has 2 heterocycles. The molecule has 1 atom stereocenters. The molecule has 7 heteroatoms. The molecule has 0 aliphatic carbocycles. The summed E-state index contributed by atoms with van der Waals surface area (Å²) < 4.78 is 16.5. The number of likely N-dealkylation sites (tertiary alicyclic amines) is 1. The van der Waals surface area contributed by atoms with Crippen LogP contribution in [0.25, 0.3) is 0 Å². The van der Waals surface area contributed by atoms with Crippen molar-refractivity contribution in [1.29, 1.82) is 0 Å². The van der Waals surface area contributed by atoms with Crippen molar-refractivity contribution in [1.82, 2.24) is 14.9 Å². The number of ether oxygens (including phenoxy) is 3. The Morgan fingerprint density at radius 1 is 1.29 bits per heavy atom. The van der Waals surface area contributed by atoms with Crippen molar-refractivity contribution >= 4 is 5.91 Å². The van der Waals surface area contributed by atoms with Crippen LogP contribution in [0.2, 0.25) is 0 Å². The number of carbonyl (C=O) groups excluding carboxylic acids is 1. The average Bonchev–Trinajstić information content (AvgIpc) is 3.09. The summed E-state index contributed by atoms with van der Waals surface area (Å²) in [5.41, 5.74) is 0. The maximum Gasteiger partial charge on any atom is 0.260 e. The summed E-state index contributed by atoms with van der Waals surface area (Å²) >= 11 is 0. The lowest BCUT2D eigenvalue weighted by Gasteiger charge is -2.17. The second-order valence-electron chi connectivity index (χ2n) is 5.35.